The maximum absolute atomic E-state index is 12.6. The molecule has 1 fully saturated rings. The molecular formula is C20H26N4O3. The van der Waals surface area contributed by atoms with Gasteiger partial charge in [0.15, 0.2) is 0 Å². The zero-order chi connectivity index (χ0) is 19.4. The summed E-state index contributed by atoms with van der Waals surface area (Å²) in [5.74, 6) is -0.0739. The fourth-order valence-electron chi connectivity index (χ4n) is 3.55. The van der Waals surface area contributed by atoms with Crippen LogP contribution in [-0.2, 0) is 4.79 Å². The highest BCUT2D eigenvalue weighted by atomic mass is 16.2. The molecule has 0 saturated carbocycles. The van der Waals surface area contributed by atoms with Gasteiger partial charge in [-0.05, 0) is 33.0 Å². The molecule has 1 unspecified atom stereocenters. The van der Waals surface area contributed by atoms with E-state index in [1.54, 1.807) is 6.07 Å². The maximum atomic E-state index is 12.6. The van der Waals surface area contributed by atoms with Gasteiger partial charge in [-0.3, -0.25) is 14.4 Å². The van der Waals surface area contributed by atoms with Gasteiger partial charge in [-0.15, -0.1) is 0 Å². The number of H-pyrrole nitrogens is 1. The van der Waals surface area contributed by atoms with E-state index in [1.807, 2.05) is 37.2 Å². The molecule has 144 valence electrons. The number of likely N-dealkylation sites (tertiary alicyclic amines) is 1. The first-order valence-electron chi connectivity index (χ1n) is 9.30. The first-order chi connectivity index (χ1) is 13.0. The van der Waals surface area contributed by atoms with E-state index in [4.69, 9.17) is 0 Å². The second kappa shape index (κ2) is 8.35. The first kappa shape index (κ1) is 19.1. The number of nitrogens with zero attached hydrogens (tertiary/aromatic N) is 2. The van der Waals surface area contributed by atoms with Crippen molar-refractivity contribution in [1.29, 1.82) is 0 Å². The number of aromatic amines is 1. The lowest BCUT2D eigenvalue weighted by molar-refractivity contribution is -0.129. The van der Waals surface area contributed by atoms with E-state index in [1.165, 1.54) is 6.07 Å². The van der Waals surface area contributed by atoms with E-state index >= 15 is 0 Å². The second-order valence-electron chi connectivity index (χ2n) is 7.22. The Morgan fingerprint density at radius 1 is 1.30 bits per heavy atom. The van der Waals surface area contributed by atoms with Crippen LogP contribution in [0.2, 0.25) is 0 Å². The van der Waals surface area contributed by atoms with Gasteiger partial charge in [0, 0.05) is 49.1 Å². The van der Waals surface area contributed by atoms with E-state index in [2.05, 4.69) is 15.2 Å². The summed E-state index contributed by atoms with van der Waals surface area (Å²) in [7, 11) is 3.98. The molecule has 7 nitrogen and oxygen atoms in total. The largest absolute Gasteiger partial charge is 0.352 e. The molecule has 0 bridgehead atoms. The lowest BCUT2D eigenvalue weighted by atomic mass is 10.1. The third-order valence-electron chi connectivity index (χ3n) is 5.00. The van der Waals surface area contributed by atoms with Crippen molar-refractivity contribution in [1.82, 2.24) is 20.1 Å². The highest BCUT2D eigenvalue weighted by molar-refractivity contribution is 6.05. The summed E-state index contributed by atoms with van der Waals surface area (Å²) in [5, 5.41) is 3.63. The predicted molar refractivity (Wildman–Crippen MR) is 105 cm³/mol. The van der Waals surface area contributed by atoms with Gasteiger partial charge in [0.05, 0.1) is 5.56 Å². The van der Waals surface area contributed by atoms with Gasteiger partial charge in [-0.2, -0.15) is 0 Å². The van der Waals surface area contributed by atoms with Crippen LogP contribution < -0.4 is 10.9 Å². The molecule has 1 aromatic heterocycles. The van der Waals surface area contributed by atoms with Gasteiger partial charge in [0.2, 0.25) is 11.5 Å². The molecule has 27 heavy (non-hydrogen) atoms. The Balaban J connectivity index is 1.61. The zero-order valence-corrected chi connectivity index (χ0v) is 15.8. The standard InChI is InChI=1S/C20H26N4O3/c1-23(2)11-12-24-14(7-8-19(24)26)9-10-21-20(27)16-13-18(25)22-17-6-4-3-5-15(16)17/h3-6,13-14H,7-12H2,1-2H3,(H,21,27)(H,22,25). The summed E-state index contributed by atoms with van der Waals surface area (Å²) in [5.41, 5.74) is 0.725. The molecule has 2 aromatic rings. The van der Waals surface area contributed by atoms with Crippen LogP contribution in [0.3, 0.4) is 0 Å². The average molecular weight is 370 g/mol. The Bertz CT molecular complexity index is 890. The van der Waals surface area contributed by atoms with E-state index in [-0.39, 0.29) is 23.4 Å². The summed E-state index contributed by atoms with van der Waals surface area (Å²) in [6, 6.07) is 8.75. The normalized spacial score (nSPS) is 17.1. The maximum Gasteiger partial charge on any atom is 0.252 e. The van der Waals surface area contributed by atoms with Crippen LogP contribution in [0.5, 0.6) is 0 Å². The number of benzene rings is 1. The number of rotatable bonds is 7. The summed E-state index contributed by atoms with van der Waals surface area (Å²) >= 11 is 0. The van der Waals surface area contributed by atoms with Crippen LogP contribution in [0.1, 0.15) is 29.6 Å². The van der Waals surface area contributed by atoms with Gasteiger partial charge < -0.3 is 20.1 Å². The van der Waals surface area contributed by atoms with Crippen LogP contribution in [-0.4, -0.2) is 66.4 Å². The number of hydrogen-bond acceptors (Lipinski definition) is 4. The lowest BCUT2D eigenvalue weighted by Crippen LogP contribution is -2.40. The number of fused-ring (bicyclic) bond motifs is 1. The summed E-state index contributed by atoms with van der Waals surface area (Å²) in [6.07, 6.45) is 2.12. The van der Waals surface area contributed by atoms with Crippen LogP contribution in [0, 0.1) is 0 Å². The number of carbonyl (C=O) groups excluding carboxylic acids is 2. The molecule has 0 radical (unpaired) electrons. The SMILES string of the molecule is CN(C)CCN1C(=O)CCC1CCNC(=O)c1cc(=O)[nH]c2ccccc12. The molecule has 1 aliphatic heterocycles. The highest BCUT2D eigenvalue weighted by Crippen LogP contribution is 2.21. The number of aromatic nitrogens is 1. The van der Waals surface area contributed by atoms with Crippen molar-refractivity contribution < 1.29 is 9.59 Å². The molecule has 0 spiro atoms. The van der Waals surface area contributed by atoms with Crippen molar-refractivity contribution >= 4 is 22.7 Å². The second-order valence-corrected chi connectivity index (χ2v) is 7.22. The van der Waals surface area contributed by atoms with Crippen LogP contribution >= 0.6 is 0 Å². The van der Waals surface area contributed by atoms with E-state index in [0.29, 0.717) is 37.0 Å². The molecule has 1 aromatic carbocycles. The van der Waals surface area contributed by atoms with Crippen molar-refractivity contribution in [3.8, 4) is 0 Å². The number of para-hydroxylation sites is 1. The van der Waals surface area contributed by atoms with Gasteiger partial charge in [-0.1, -0.05) is 18.2 Å². The van der Waals surface area contributed by atoms with Gasteiger partial charge in [0.1, 0.15) is 0 Å². The molecule has 3 rings (SSSR count). The number of amides is 2. The van der Waals surface area contributed by atoms with Crippen LogP contribution in [0.15, 0.2) is 35.1 Å². The highest BCUT2D eigenvalue weighted by Gasteiger charge is 2.30. The van der Waals surface area contributed by atoms with Crippen molar-refractivity contribution in [2.75, 3.05) is 33.7 Å². The van der Waals surface area contributed by atoms with Gasteiger partial charge in [0.25, 0.3) is 5.91 Å². The number of nitrogens with one attached hydrogen (secondary N) is 2. The number of carbonyl (C=O) groups is 2. The molecule has 1 saturated heterocycles. The molecule has 2 N–H and O–H groups in total. The Hall–Kier alpha value is -2.67. The molecule has 1 aliphatic rings. The van der Waals surface area contributed by atoms with Crippen LogP contribution in [0.4, 0.5) is 0 Å². The van der Waals surface area contributed by atoms with Crippen molar-refractivity contribution in [2.24, 2.45) is 0 Å². The Morgan fingerprint density at radius 3 is 2.85 bits per heavy atom. The van der Waals surface area contributed by atoms with Crippen LogP contribution in [0.25, 0.3) is 10.9 Å². The summed E-state index contributed by atoms with van der Waals surface area (Å²) in [6.45, 7) is 2.01. The quantitative estimate of drug-likeness (QED) is 0.767. The van der Waals surface area contributed by atoms with Crippen molar-refractivity contribution in [2.45, 2.75) is 25.3 Å². The topological polar surface area (TPSA) is 85.5 Å². The van der Waals surface area contributed by atoms with Gasteiger partial charge >= 0.3 is 0 Å². The molecule has 2 heterocycles. The number of hydrogen-bond donors (Lipinski definition) is 2. The van der Waals surface area contributed by atoms with E-state index < -0.39 is 0 Å². The van der Waals surface area contributed by atoms with Gasteiger partial charge in [-0.25, -0.2) is 0 Å². The Kier molecular flexibility index (Phi) is 5.91. The monoisotopic (exact) mass is 370 g/mol. The minimum Gasteiger partial charge on any atom is -0.352 e. The summed E-state index contributed by atoms with van der Waals surface area (Å²) < 4.78 is 0. The van der Waals surface area contributed by atoms with E-state index in [0.717, 1.165) is 18.4 Å². The molecule has 0 aliphatic carbocycles. The molecular weight excluding hydrogens is 344 g/mol. The number of likely N-dealkylation sites (N-methyl/N-ethyl adjacent to an activating group) is 1. The van der Waals surface area contributed by atoms with E-state index in [9.17, 15) is 14.4 Å². The Morgan fingerprint density at radius 2 is 2.07 bits per heavy atom. The minimum atomic E-state index is -0.296. The van der Waals surface area contributed by atoms with Crippen molar-refractivity contribution in [3.05, 3.63) is 46.2 Å². The lowest BCUT2D eigenvalue weighted by Gasteiger charge is -2.26. The molecule has 1 atom stereocenters. The average Bonchev–Trinajstić information content (AvgIpc) is 2.98. The first-order valence-corrected chi connectivity index (χ1v) is 9.30. The molecule has 7 heteroatoms. The zero-order valence-electron chi connectivity index (χ0n) is 15.8. The number of pyridine rings is 1. The third-order valence-corrected chi connectivity index (χ3v) is 5.00. The predicted octanol–water partition coefficient (Wildman–Crippen LogP) is 1.20. The third kappa shape index (κ3) is 4.54. The minimum absolute atomic E-state index is 0.161. The fourth-order valence-corrected chi connectivity index (χ4v) is 3.55. The Labute approximate surface area is 158 Å². The summed E-state index contributed by atoms with van der Waals surface area (Å²) in [4.78, 5) is 43.2. The smallest absolute Gasteiger partial charge is 0.252 e. The molecule has 2 amide bonds. The fraction of sp³-hybridized carbons (Fsp3) is 0.450. The van der Waals surface area contributed by atoms with Crippen molar-refractivity contribution in [3.63, 3.8) is 0 Å².